The first-order valence-corrected chi connectivity index (χ1v) is 9.88. The first kappa shape index (κ1) is 22.8. The predicted octanol–water partition coefficient (Wildman–Crippen LogP) is 2.11. The molecule has 4 N–H and O–H groups in total. The molecule has 0 aliphatic carbocycles. The van der Waals surface area contributed by atoms with Gasteiger partial charge >= 0.3 is 0 Å². The van der Waals surface area contributed by atoms with E-state index in [9.17, 15) is 20.4 Å². The van der Waals surface area contributed by atoms with E-state index in [0.717, 1.165) is 19.3 Å². The van der Waals surface area contributed by atoms with E-state index < -0.39 is 36.8 Å². The number of methoxy groups -OCH3 is 1. The van der Waals surface area contributed by atoms with Crippen LogP contribution in [-0.2, 0) is 9.47 Å². The number of aliphatic hydroxyl groups is 4. The van der Waals surface area contributed by atoms with Gasteiger partial charge in [-0.3, -0.25) is 0 Å². The van der Waals surface area contributed by atoms with Crippen LogP contribution < -0.4 is 0 Å². The highest BCUT2D eigenvalue weighted by Crippen LogP contribution is 2.34. The Morgan fingerprint density at radius 1 is 0.840 bits per heavy atom. The average Bonchev–Trinajstić information content (AvgIpc) is 2.63. The molecule has 6 nitrogen and oxygen atoms in total. The zero-order valence-corrected chi connectivity index (χ0v) is 15.9. The Morgan fingerprint density at radius 2 is 1.36 bits per heavy atom. The summed E-state index contributed by atoms with van der Waals surface area (Å²) in [6.07, 6.45) is 7.21. The molecule has 1 saturated heterocycles. The van der Waals surface area contributed by atoms with Gasteiger partial charge in [0, 0.05) is 7.11 Å². The van der Waals surface area contributed by atoms with E-state index in [-0.39, 0.29) is 0 Å². The lowest BCUT2D eigenvalue weighted by molar-refractivity contribution is -0.334. The highest BCUT2D eigenvalue weighted by atomic mass is 16.7. The summed E-state index contributed by atoms with van der Waals surface area (Å²) in [5, 5.41) is 39.8. The van der Waals surface area contributed by atoms with Crippen molar-refractivity contribution in [1.82, 2.24) is 0 Å². The van der Waals surface area contributed by atoms with Crippen LogP contribution >= 0.6 is 0 Å². The molecule has 1 aliphatic rings. The summed E-state index contributed by atoms with van der Waals surface area (Å²) < 4.78 is 10.6. The highest BCUT2D eigenvalue weighted by Gasteiger charge is 2.53. The van der Waals surface area contributed by atoms with Gasteiger partial charge in [-0.05, 0) is 6.42 Å². The summed E-state index contributed by atoms with van der Waals surface area (Å²) in [6, 6.07) is 0. The maximum Gasteiger partial charge on any atom is 0.186 e. The number of hydrogen-bond acceptors (Lipinski definition) is 6. The summed E-state index contributed by atoms with van der Waals surface area (Å²) in [4.78, 5) is 0. The van der Waals surface area contributed by atoms with E-state index >= 15 is 0 Å². The fraction of sp³-hybridized carbons (Fsp3) is 1.00. The molecule has 1 fully saturated rings. The van der Waals surface area contributed by atoms with Crippen LogP contribution in [0.5, 0.6) is 0 Å². The maximum absolute atomic E-state index is 10.3. The van der Waals surface area contributed by atoms with Gasteiger partial charge in [0.25, 0.3) is 0 Å². The number of aliphatic hydroxyl groups excluding tert-OH is 4. The molecule has 0 amide bonds. The summed E-state index contributed by atoms with van der Waals surface area (Å²) in [5.74, 6) is 0. The van der Waals surface area contributed by atoms with Crippen molar-refractivity contribution < 1.29 is 29.9 Å². The van der Waals surface area contributed by atoms with Crippen LogP contribution in [0.1, 0.15) is 77.6 Å². The molecular formula is C19H38O6. The van der Waals surface area contributed by atoms with Crippen LogP contribution in [0.4, 0.5) is 0 Å². The van der Waals surface area contributed by atoms with E-state index in [1.54, 1.807) is 0 Å². The third-order valence-electron chi connectivity index (χ3n) is 5.30. The van der Waals surface area contributed by atoms with Crippen LogP contribution in [0.3, 0.4) is 0 Å². The predicted molar refractivity (Wildman–Crippen MR) is 96.2 cm³/mol. The average molecular weight is 363 g/mol. The zero-order valence-electron chi connectivity index (χ0n) is 15.9. The van der Waals surface area contributed by atoms with Gasteiger partial charge in [-0.1, -0.05) is 71.1 Å². The molecule has 5 atom stereocenters. The molecule has 1 rings (SSSR count). The summed E-state index contributed by atoms with van der Waals surface area (Å²) in [7, 11) is 1.36. The molecule has 6 heteroatoms. The summed E-state index contributed by atoms with van der Waals surface area (Å²) >= 11 is 0. The van der Waals surface area contributed by atoms with Gasteiger partial charge in [-0.25, -0.2) is 0 Å². The SMILES string of the molecule is CCCCCCCCCCCCC1(CO)O[C@H](OC)[C@@H](O)[C@H](O)[C@H]1O. The maximum atomic E-state index is 10.3. The Hall–Kier alpha value is -0.240. The Bertz CT molecular complexity index is 338. The molecule has 150 valence electrons. The van der Waals surface area contributed by atoms with E-state index in [0.29, 0.717) is 6.42 Å². The second-order valence-electron chi connectivity index (χ2n) is 7.30. The first-order chi connectivity index (χ1) is 12.0. The molecule has 0 spiro atoms. The molecule has 0 bridgehead atoms. The van der Waals surface area contributed by atoms with Crippen LogP contribution in [0.15, 0.2) is 0 Å². The Kier molecular flexibility index (Phi) is 11.1. The van der Waals surface area contributed by atoms with Crippen molar-refractivity contribution in [3.8, 4) is 0 Å². The van der Waals surface area contributed by atoms with Crippen LogP contribution in [0.2, 0.25) is 0 Å². The van der Waals surface area contributed by atoms with Crippen molar-refractivity contribution in [3.05, 3.63) is 0 Å². The molecule has 0 saturated carbocycles. The van der Waals surface area contributed by atoms with Crippen molar-refractivity contribution in [2.45, 2.75) is 108 Å². The smallest absolute Gasteiger partial charge is 0.186 e. The second-order valence-corrected chi connectivity index (χ2v) is 7.30. The van der Waals surface area contributed by atoms with Crippen LogP contribution in [-0.4, -0.2) is 64.3 Å². The summed E-state index contributed by atoms with van der Waals surface area (Å²) in [5.41, 5.74) is -1.28. The first-order valence-electron chi connectivity index (χ1n) is 9.88. The molecule has 1 heterocycles. The topological polar surface area (TPSA) is 99.4 Å². The largest absolute Gasteiger partial charge is 0.393 e. The van der Waals surface area contributed by atoms with Crippen LogP contribution in [0, 0.1) is 0 Å². The molecule has 25 heavy (non-hydrogen) atoms. The normalized spacial score (nSPS) is 32.9. The molecule has 0 radical (unpaired) electrons. The Balaban J connectivity index is 2.28. The molecule has 0 aromatic rings. The van der Waals surface area contributed by atoms with Gasteiger partial charge in [0.05, 0.1) is 6.61 Å². The molecule has 1 unspecified atom stereocenters. The van der Waals surface area contributed by atoms with E-state index in [1.165, 1.54) is 52.1 Å². The van der Waals surface area contributed by atoms with E-state index in [1.807, 2.05) is 0 Å². The van der Waals surface area contributed by atoms with Gasteiger partial charge in [0.2, 0.25) is 0 Å². The van der Waals surface area contributed by atoms with Crippen molar-refractivity contribution in [1.29, 1.82) is 0 Å². The fourth-order valence-electron chi connectivity index (χ4n) is 3.55. The lowest BCUT2D eigenvalue weighted by Crippen LogP contribution is -2.66. The molecular weight excluding hydrogens is 324 g/mol. The van der Waals surface area contributed by atoms with Crippen molar-refractivity contribution in [2.75, 3.05) is 13.7 Å². The minimum atomic E-state index is -1.39. The second kappa shape index (κ2) is 12.2. The minimum Gasteiger partial charge on any atom is -0.393 e. The van der Waals surface area contributed by atoms with Crippen molar-refractivity contribution in [2.24, 2.45) is 0 Å². The van der Waals surface area contributed by atoms with E-state index in [2.05, 4.69) is 6.92 Å². The van der Waals surface area contributed by atoms with Gasteiger partial charge in [0.1, 0.15) is 23.9 Å². The molecule has 1 aliphatic heterocycles. The van der Waals surface area contributed by atoms with E-state index in [4.69, 9.17) is 9.47 Å². The highest BCUT2D eigenvalue weighted by molar-refractivity contribution is 4.99. The van der Waals surface area contributed by atoms with Gasteiger partial charge < -0.3 is 29.9 Å². The standard InChI is InChI=1S/C19H38O6/c1-3-4-5-6-7-8-9-10-11-12-13-19(14-20)17(23)15(21)16(22)18(24-2)25-19/h15-18,20-23H,3-14H2,1-2H3/t15-,16-,17+,18-,19?/m0/s1. The molecule has 0 aromatic carbocycles. The fourth-order valence-corrected chi connectivity index (χ4v) is 3.55. The minimum absolute atomic E-state index is 0.421. The monoisotopic (exact) mass is 362 g/mol. The number of ether oxygens (including phenoxy) is 2. The van der Waals surface area contributed by atoms with Gasteiger partial charge in [-0.15, -0.1) is 0 Å². The van der Waals surface area contributed by atoms with Crippen molar-refractivity contribution >= 4 is 0 Å². The lowest BCUT2D eigenvalue weighted by atomic mass is 9.83. The zero-order chi connectivity index (χ0) is 18.7. The lowest BCUT2D eigenvalue weighted by Gasteiger charge is -2.47. The van der Waals surface area contributed by atoms with Crippen molar-refractivity contribution in [3.63, 3.8) is 0 Å². The number of rotatable bonds is 13. The molecule has 0 aromatic heterocycles. The number of unbranched alkanes of at least 4 members (excludes halogenated alkanes) is 9. The summed E-state index contributed by atoms with van der Waals surface area (Å²) in [6.45, 7) is 1.80. The number of hydrogen-bond donors (Lipinski definition) is 4. The third-order valence-corrected chi connectivity index (χ3v) is 5.30. The quantitative estimate of drug-likeness (QED) is 0.375. The van der Waals surface area contributed by atoms with Gasteiger partial charge in [-0.2, -0.15) is 0 Å². The third kappa shape index (κ3) is 6.77. The van der Waals surface area contributed by atoms with Gasteiger partial charge in [0.15, 0.2) is 6.29 Å². The Labute approximate surface area is 152 Å². The Morgan fingerprint density at radius 3 is 1.84 bits per heavy atom. The van der Waals surface area contributed by atoms with Crippen LogP contribution in [0.25, 0.3) is 0 Å².